The topological polar surface area (TPSA) is 67.3 Å². The summed E-state index contributed by atoms with van der Waals surface area (Å²) in [6, 6.07) is 9.89. The van der Waals surface area contributed by atoms with Crippen molar-refractivity contribution in [1.29, 1.82) is 0 Å². The normalized spacial score (nSPS) is 16.5. The first kappa shape index (κ1) is 18.1. The molecule has 1 fully saturated rings. The average molecular weight is 384 g/mol. The molecule has 1 aliphatic heterocycles. The van der Waals surface area contributed by atoms with Gasteiger partial charge in [0.05, 0.1) is 11.7 Å². The summed E-state index contributed by atoms with van der Waals surface area (Å²) in [7, 11) is 0. The fourth-order valence-corrected chi connectivity index (χ4v) is 3.58. The second-order valence-corrected chi connectivity index (χ2v) is 6.45. The number of halogens is 2. The van der Waals surface area contributed by atoms with Gasteiger partial charge in [-0.1, -0.05) is 0 Å². The Kier molecular flexibility index (Phi) is 5.01. The SMILES string of the molecule is O=C(Nc1ccc(OC(F)F)c2ncccc12)N1CCC[C@H]1c1ccncc1. The van der Waals surface area contributed by atoms with E-state index in [1.165, 1.54) is 12.3 Å². The summed E-state index contributed by atoms with van der Waals surface area (Å²) in [5.74, 6) is -0.0283. The Hall–Kier alpha value is -3.29. The maximum Gasteiger partial charge on any atom is 0.387 e. The smallest absolute Gasteiger partial charge is 0.387 e. The summed E-state index contributed by atoms with van der Waals surface area (Å²) in [6.07, 6.45) is 6.70. The van der Waals surface area contributed by atoms with Gasteiger partial charge in [-0.25, -0.2) is 4.79 Å². The van der Waals surface area contributed by atoms with Crippen LogP contribution in [0.4, 0.5) is 19.3 Å². The van der Waals surface area contributed by atoms with Crippen molar-refractivity contribution in [3.8, 4) is 5.75 Å². The van der Waals surface area contributed by atoms with Gasteiger partial charge in [0.15, 0.2) is 5.75 Å². The summed E-state index contributed by atoms with van der Waals surface area (Å²) in [5, 5.41) is 3.43. The number of nitrogens with zero attached hydrogens (tertiary/aromatic N) is 3. The molecule has 0 saturated carbocycles. The third kappa shape index (κ3) is 3.58. The van der Waals surface area contributed by atoms with Crippen LogP contribution in [0.5, 0.6) is 5.75 Å². The fourth-order valence-electron chi connectivity index (χ4n) is 3.58. The van der Waals surface area contributed by atoms with E-state index in [4.69, 9.17) is 0 Å². The zero-order valence-electron chi connectivity index (χ0n) is 14.9. The van der Waals surface area contributed by atoms with Crippen molar-refractivity contribution in [2.75, 3.05) is 11.9 Å². The van der Waals surface area contributed by atoms with Crippen molar-refractivity contribution in [2.24, 2.45) is 0 Å². The summed E-state index contributed by atoms with van der Waals surface area (Å²) in [5.41, 5.74) is 1.80. The van der Waals surface area contributed by atoms with Crippen LogP contribution in [0.1, 0.15) is 24.4 Å². The summed E-state index contributed by atoms with van der Waals surface area (Å²) in [6.45, 7) is -2.31. The number of nitrogens with one attached hydrogen (secondary N) is 1. The Morgan fingerprint density at radius 3 is 2.79 bits per heavy atom. The molecule has 1 aliphatic rings. The predicted octanol–water partition coefficient (Wildman–Crippen LogP) is 4.60. The minimum Gasteiger partial charge on any atom is -0.432 e. The van der Waals surface area contributed by atoms with E-state index in [0.717, 1.165) is 18.4 Å². The van der Waals surface area contributed by atoms with Crippen LogP contribution in [-0.4, -0.2) is 34.1 Å². The van der Waals surface area contributed by atoms with E-state index < -0.39 is 6.61 Å². The van der Waals surface area contributed by atoms with Crippen LogP contribution >= 0.6 is 0 Å². The molecule has 28 heavy (non-hydrogen) atoms. The van der Waals surface area contributed by atoms with Gasteiger partial charge in [-0.05, 0) is 54.8 Å². The minimum atomic E-state index is -2.95. The van der Waals surface area contributed by atoms with Gasteiger partial charge in [0, 0.05) is 30.5 Å². The van der Waals surface area contributed by atoms with Gasteiger partial charge in [-0.3, -0.25) is 9.97 Å². The van der Waals surface area contributed by atoms with Crippen molar-refractivity contribution in [3.63, 3.8) is 0 Å². The highest BCUT2D eigenvalue weighted by atomic mass is 19.3. The van der Waals surface area contributed by atoms with Gasteiger partial charge in [0.1, 0.15) is 5.52 Å². The van der Waals surface area contributed by atoms with E-state index in [2.05, 4.69) is 20.0 Å². The zero-order chi connectivity index (χ0) is 19.5. The highest BCUT2D eigenvalue weighted by molar-refractivity contribution is 6.02. The minimum absolute atomic E-state index is 0.0196. The molecule has 1 atom stereocenters. The van der Waals surface area contributed by atoms with Crippen molar-refractivity contribution in [2.45, 2.75) is 25.5 Å². The molecule has 0 unspecified atom stereocenters. The number of benzene rings is 1. The Bertz CT molecular complexity index is 984. The van der Waals surface area contributed by atoms with E-state index in [1.807, 2.05) is 12.1 Å². The second-order valence-electron chi connectivity index (χ2n) is 6.45. The first-order valence-electron chi connectivity index (χ1n) is 8.93. The van der Waals surface area contributed by atoms with E-state index in [1.54, 1.807) is 35.5 Å². The van der Waals surface area contributed by atoms with Gasteiger partial charge >= 0.3 is 12.6 Å². The third-order valence-electron chi connectivity index (χ3n) is 4.79. The lowest BCUT2D eigenvalue weighted by Gasteiger charge is -2.25. The van der Waals surface area contributed by atoms with E-state index in [9.17, 15) is 13.6 Å². The Morgan fingerprint density at radius 2 is 2.00 bits per heavy atom. The lowest BCUT2D eigenvalue weighted by molar-refractivity contribution is -0.0489. The van der Waals surface area contributed by atoms with Gasteiger partial charge in [0.2, 0.25) is 0 Å². The van der Waals surface area contributed by atoms with Crippen molar-refractivity contribution in [1.82, 2.24) is 14.9 Å². The number of likely N-dealkylation sites (tertiary alicyclic amines) is 1. The first-order chi connectivity index (χ1) is 13.6. The first-order valence-corrected chi connectivity index (χ1v) is 8.93. The predicted molar refractivity (Wildman–Crippen MR) is 100 cm³/mol. The number of aromatic nitrogens is 2. The molecule has 144 valence electrons. The third-order valence-corrected chi connectivity index (χ3v) is 4.79. The lowest BCUT2D eigenvalue weighted by atomic mass is 10.1. The largest absolute Gasteiger partial charge is 0.432 e. The van der Waals surface area contributed by atoms with Gasteiger partial charge in [-0.15, -0.1) is 0 Å². The van der Waals surface area contributed by atoms with E-state index in [0.29, 0.717) is 17.6 Å². The van der Waals surface area contributed by atoms with Crippen LogP contribution in [0, 0.1) is 0 Å². The quantitative estimate of drug-likeness (QED) is 0.714. The fraction of sp³-hybridized carbons (Fsp3) is 0.250. The number of hydrogen-bond acceptors (Lipinski definition) is 4. The van der Waals surface area contributed by atoms with Crippen LogP contribution in [0.25, 0.3) is 10.9 Å². The monoisotopic (exact) mass is 384 g/mol. The van der Waals surface area contributed by atoms with E-state index >= 15 is 0 Å². The standard InChI is InChI=1S/C20H18F2N4O2/c21-19(22)28-17-6-5-15(14-3-1-9-24-18(14)17)25-20(27)26-12-2-4-16(26)13-7-10-23-11-8-13/h1,3,5-11,16,19H,2,4,12H2,(H,25,27)/t16-/m0/s1. The molecule has 0 bridgehead atoms. The number of carbonyl (C=O) groups excluding carboxylic acids is 1. The molecular weight excluding hydrogens is 366 g/mol. The number of anilines is 1. The van der Waals surface area contributed by atoms with Crippen LogP contribution < -0.4 is 10.1 Å². The summed E-state index contributed by atoms with van der Waals surface area (Å²) in [4.78, 5) is 22.9. The van der Waals surface area contributed by atoms with Gasteiger partial charge < -0.3 is 15.0 Å². The van der Waals surface area contributed by atoms with Gasteiger partial charge in [0.25, 0.3) is 0 Å². The number of urea groups is 1. The van der Waals surface area contributed by atoms with Crippen molar-refractivity contribution >= 4 is 22.6 Å². The number of ether oxygens (including phenoxy) is 1. The summed E-state index contributed by atoms with van der Waals surface area (Å²) >= 11 is 0. The molecule has 0 aliphatic carbocycles. The van der Waals surface area contributed by atoms with Crippen LogP contribution in [0.2, 0.25) is 0 Å². The van der Waals surface area contributed by atoms with Crippen molar-refractivity contribution < 1.29 is 18.3 Å². The Labute approximate surface area is 160 Å². The lowest BCUT2D eigenvalue weighted by Crippen LogP contribution is -2.34. The van der Waals surface area contributed by atoms with E-state index in [-0.39, 0.29) is 23.3 Å². The maximum atomic E-state index is 12.9. The molecule has 1 N–H and O–H groups in total. The highest BCUT2D eigenvalue weighted by Crippen LogP contribution is 2.34. The maximum absolute atomic E-state index is 12.9. The molecule has 3 aromatic rings. The molecule has 2 amide bonds. The Balaban J connectivity index is 1.60. The number of alkyl halides is 2. The molecule has 8 heteroatoms. The number of hydrogen-bond donors (Lipinski definition) is 1. The van der Waals surface area contributed by atoms with Crippen LogP contribution in [0.15, 0.2) is 55.0 Å². The number of pyridine rings is 2. The van der Waals surface area contributed by atoms with Gasteiger partial charge in [-0.2, -0.15) is 8.78 Å². The molecule has 3 heterocycles. The molecule has 4 rings (SSSR count). The molecule has 6 nitrogen and oxygen atoms in total. The number of carbonyl (C=O) groups is 1. The molecular formula is C20H18F2N4O2. The molecule has 2 aromatic heterocycles. The zero-order valence-corrected chi connectivity index (χ0v) is 14.9. The van der Waals surface area contributed by atoms with Crippen LogP contribution in [-0.2, 0) is 0 Å². The highest BCUT2D eigenvalue weighted by Gasteiger charge is 2.30. The summed E-state index contributed by atoms with van der Waals surface area (Å²) < 4.78 is 29.8. The number of rotatable bonds is 4. The average Bonchev–Trinajstić information content (AvgIpc) is 3.20. The Morgan fingerprint density at radius 1 is 1.18 bits per heavy atom. The molecule has 0 spiro atoms. The number of fused-ring (bicyclic) bond motifs is 1. The molecule has 0 radical (unpaired) electrons. The number of amides is 2. The second kappa shape index (κ2) is 7.75. The molecule has 1 aromatic carbocycles. The van der Waals surface area contributed by atoms with Crippen LogP contribution in [0.3, 0.4) is 0 Å². The van der Waals surface area contributed by atoms with Crippen molar-refractivity contribution in [3.05, 3.63) is 60.6 Å². The molecule has 1 saturated heterocycles.